The summed E-state index contributed by atoms with van der Waals surface area (Å²) in [5.74, 6) is 2.06. The highest BCUT2D eigenvalue weighted by Gasteiger charge is 2.15. The standard InChI is InChI=1S/C24H29NO5/c1-4-30-24-15-18(6-9-23(24)28-3)5-8-21(26)19-7-10-22(27-2)20(16-19)17-25-11-13-29-14-12-25/h5-10,15-16H,4,11-14,17H2,1-3H3/b8-5+. The molecule has 2 aromatic carbocycles. The van der Waals surface area contributed by atoms with E-state index in [9.17, 15) is 4.79 Å². The number of benzene rings is 2. The van der Waals surface area contributed by atoms with Gasteiger partial charge in [0.05, 0.1) is 34.0 Å². The van der Waals surface area contributed by atoms with Crippen LogP contribution in [0.15, 0.2) is 42.5 Å². The Labute approximate surface area is 178 Å². The maximum absolute atomic E-state index is 12.8. The van der Waals surface area contributed by atoms with Gasteiger partial charge in [0.15, 0.2) is 17.3 Å². The van der Waals surface area contributed by atoms with Crippen LogP contribution in [0.25, 0.3) is 6.08 Å². The Balaban J connectivity index is 1.76. The summed E-state index contributed by atoms with van der Waals surface area (Å²) in [6, 6.07) is 11.2. The van der Waals surface area contributed by atoms with Gasteiger partial charge in [-0.05, 0) is 48.9 Å². The molecule has 1 fully saturated rings. The van der Waals surface area contributed by atoms with Gasteiger partial charge in [0.1, 0.15) is 5.75 Å². The quantitative estimate of drug-likeness (QED) is 0.462. The lowest BCUT2D eigenvalue weighted by Crippen LogP contribution is -2.35. The molecule has 3 rings (SSSR count). The third-order valence-corrected chi connectivity index (χ3v) is 4.98. The molecule has 6 heteroatoms. The number of hydrogen-bond acceptors (Lipinski definition) is 6. The number of nitrogens with zero attached hydrogens (tertiary/aromatic N) is 1. The number of allylic oxidation sites excluding steroid dienone is 1. The lowest BCUT2D eigenvalue weighted by molar-refractivity contribution is 0.0338. The highest BCUT2D eigenvalue weighted by atomic mass is 16.5. The van der Waals surface area contributed by atoms with Crippen molar-refractivity contribution >= 4 is 11.9 Å². The molecule has 160 valence electrons. The SMILES string of the molecule is CCOc1cc(/C=C/C(=O)c2ccc(OC)c(CN3CCOCC3)c2)ccc1OC. The minimum atomic E-state index is -0.0605. The van der Waals surface area contributed by atoms with Crippen molar-refractivity contribution < 1.29 is 23.7 Å². The fourth-order valence-electron chi connectivity index (χ4n) is 3.39. The Kier molecular flexibility index (Phi) is 7.88. The van der Waals surface area contributed by atoms with E-state index in [0.29, 0.717) is 23.7 Å². The molecule has 0 atom stereocenters. The van der Waals surface area contributed by atoms with Crippen LogP contribution in [0.1, 0.15) is 28.4 Å². The monoisotopic (exact) mass is 411 g/mol. The molecule has 1 saturated heterocycles. The maximum Gasteiger partial charge on any atom is 0.185 e. The van der Waals surface area contributed by atoms with E-state index in [1.165, 1.54) is 0 Å². The molecular formula is C24H29NO5. The number of hydrogen-bond donors (Lipinski definition) is 0. The second-order valence-electron chi connectivity index (χ2n) is 6.96. The number of carbonyl (C=O) groups is 1. The van der Waals surface area contributed by atoms with Crippen molar-refractivity contribution in [2.24, 2.45) is 0 Å². The molecule has 0 unspecified atom stereocenters. The van der Waals surface area contributed by atoms with Crippen molar-refractivity contribution in [2.75, 3.05) is 47.1 Å². The molecule has 0 saturated carbocycles. The second kappa shape index (κ2) is 10.8. The maximum atomic E-state index is 12.8. The molecule has 0 radical (unpaired) electrons. The van der Waals surface area contributed by atoms with Crippen molar-refractivity contribution in [1.82, 2.24) is 4.90 Å². The second-order valence-corrected chi connectivity index (χ2v) is 6.96. The highest BCUT2D eigenvalue weighted by molar-refractivity contribution is 6.07. The summed E-state index contributed by atoms with van der Waals surface area (Å²) in [7, 11) is 3.26. The average molecular weight is 411 g/mol. The minimum Gasteiger partial charge on any atom is -0.496 e. The number of ether oxygens (including phenoxy) is 4. The lowest BCUT2D eigenvalue weighted by Gasteiger charge is -2.27. The zero-order valence-corrected chi connectivity index (χ0v) is 17.8. The van der Waals surface area contributed by atoms with E-state index in [1.807, 2.05) is 37.3 Å². The van der Waals surface area contributed by atoms with E-state index < -0.39 is 0 Å². The highest BCUT2D eigenvalue weighted by Crippen LogP contribution is 2.29. The summed E-state index contributed by atoms with van der Waals surface area (Å²) >= 11 is 0. The molecular weight excluding hydrogens is 382 g/mol. The van der Waals surface area contributed by atoms with Gasteiger partial charge in [0.2, 0.25) is 0 Å². The lowest BCUT2D eigenvalue weighted by atomic mass is 10.0. The summed E-state index contributed by atoms with van der Waals surface area (Å²) in [5, 5.41) is 0. The van der Waals surface area contributed by atoms with E-state index in [2.05, 4.69) is 4.90 Å². The van der Waals surface area contributed by atoms with Crippen LogP contribution < -0.4 is 14.2 Å². The Hall–Kier alpha value is -2.83. The third kappa shape index (κ3) is 5.62. The van der Waals surface area contributed by atoms with Crippen molar-refractivity contribution in [3.8, 4) is 17.2 Å². The number of ketones is 1. The molecule has 0 amide bonds. The fraction of sp³-hybridized carbons (Fsp3) is 0.375. The van der Waals surface area contributed by atoms with Crippen molar-refractivity contribution in [3.63, 3.8) is 0 Å². The van der Waals surface area contributed by atoms with E-state index in [0.717, 1.165) is 49.7 Å². The normalized spacial score (nSPS) is 14.6. The van der Waals surface area contributed by atoms with Gasteiger partial charge in [0.25, 0.3) is 0 Å². The number of carbonyl (C=O) groups excluding carboxylic acids is 1. The van der Waals surface area contributed by atoms with Crippen LogP contribution in [0.5, 0.6) is 17.2 Å². The summed E-state index contributed by atoms with van der Waals surface area (Å²) in [5.41, 5.74) is 2.50. The van der Waals surface area contributed by atoms with Gasteiger partial charge in [-0.1, -0.05) is 12.1 Å². The fourth-order valence-corrected chi connectivity index (χ4v) is 3.39. The Morgan fingerprint density at radius 2 is 1.77 bits per heavy atom. The van der Waals surface area contributed by atoms with E-state index in [-0.39, 0.29) is 5.78 Å². The van der Waals surface area contributed by atoms with Crippen LogP contribution in [0.4, 0.5) is 0 Å². The van der Waals surface area contributed by atoms with Crippen LogP contribution in [0.3, 0.4) is 0 Å². The molecule has 0 aliphatic carbocycles. The van der Waals surface area contributed by atoms with E-state index in [1.54, 1.807) is 32.4 Å². The van der Waals surface area contributed by atoms with Gasteiger partial charge < -0.3 is 18.9 Å². The number of rotatable bonds is 9. The first-order valence-electron chi connectivity index (χ1n) is 10.1. The smallest absolute Gasteiger partial charge is 0.185 e. The molecule has 6 nitrogen and oxygen atoms in total. The van der Waals surface area contributed by atoms with Gasteiger partial charge in [-0.3, -0.25) is 9.69 Å². The van der Waals surface area contributed by atoms with Crippen LogP contribution in [0.2, 0.25) is 0 Å². The van der Waals surface area contributed by atoms with Crippen molar-refractivity contribution in [2.45, 2.75) is 13.5 Å². The summed E-state index contributed by atoms with van der Waals surface area (Å²) in [4.78, 5) is 15.1. The predicted octanol–water partition coefficient (Wildman–Crippen LogP) is 3.83. The molecule has 0 aromatic heterocycles. The van der Waals surface area contributed by atoms with Crippen LogP contribution >= 0.6 is 0 Å². The first kappa shape index (κ1) is 21.9. The summed E-state index contributed by atoms with van der Waals surface area (Å²) in [6.07, 6.45) is 3.37. The van der Waals surface area contributed by atoms with Crippen molar-refractivity contribution in [1.29, 1.82) is 0 Å². The van der Waals surface area contributed by atoms with Crippen molar-refractivity contribution in [3.05, 3.63) is 59.2 Å². The topological polar surface area (TPSA) is 57.2 Å². The Bertz CT molecular complexity index is 887. The molecule has 0 spiro atoms. The third-order valence-electron chi connectivity index (χ3n) is 4.98. The van der Waals surface area contributed by atoms with E-state index in [4.69, 9.17) is 18.9 Å². The molecule has 1 heterocycles. The molecule has 2 aromatic rings. The van der Waals surface area contributed by atoms with E-state index >= 15 is 0 Å². The predicted molar refractivity (Wildman–Crippen MR) is 117 cm³/mol. The Morgan fingerprint density at radius 1 is 1.03 bits per heavy atom. The first-order chi connectivity index (χ1) is 14.6. The molecule has 0 bridgehead atoms. The Morgan fingerprint density at radius 3 is 2.47 bits per heavy atom. The summed E-state index contributed by atoms with van der Waals surface area (Å²) in [6.45, 7) is 6.41. The average Bonchev–Trinajstić information content (AvgIpc) is 2.78. The molecule has 0 N–H and O–H groups in total. The van der Waals surface area contributed by atoms with Gasteiger partial charge >= 0.3 is 0 Å². The molecule has 1 aliphatic rings. The van der Waals surface area contributed by atoms with Crippen LogP contribution in [0, 0.1) is 0 Å². The molecule has 1 aliphatic heterocycles. The first-order valence-corrected chi connectivity index (χ1v) is 10.1. The van der Waals surface area contributed by atoms with Gasteiger partial charge in [-0.2, -0.15) is 0 Å². The van der Waals surface area contributed by atoms with Gasteiger partial charge in [0, 0.05) is 30.8 Å². The number of methoxy groups -OCH3 is 2. The molecule has 30 heavy (non-hydrogen) atoms. The zero-order valence-electron chi connectivity index (χ0n) is 17.8. The van der Waals surface area contributed by atoms with Crippen LogP contribution in [-0.4, -0.2) is 57.8 Å². The minimum absolute atomic E-state index is 0.0605. The van der Waals surface area contributed by atoms with Gasteiger partial charge in [-0.15, -0.1) is 0 Å². The largest absolute Gasteiger partial charge is 0.496 e. The summed E-state index contributed by atoms with van der Waals surface area (Å²) < 4.78 is 21.8. The zero-order chi connectivity index (χ0) is 21.3. The van der Waals surface area contributed by atoms with Crippen LogP contribution in [-0.2, 0) is 11.3 Å². The van der Waals surface area contributed by atoms with Gasteiger partial charge in [-0.25, -0.2) is 0 Å². The number of morpholine rings is 1.